The lowest BCUT2D eigenvalue weighted by Gasteiger charge is -2.62. The van der Waals surface area contributed by atoms with E-state index in [4.69, 9.17) is 9.57 Å². The second-order valence-corrected chi connectivity index (χ2v) is 17.2. The number of aliphatic hydroxyl groups is 2. The molecule has 4 aliphatic rings. The monoisotopic (exact) mass is 784 g/mol. The highest BCUT2D eigenvalue weighted by Gasteiger charge is 2.57. The summed E-state index contributed by atoms with van der Waals surface area (Å²) >= 11 is 0. The van der Waals surface area contributed by atoms with Gasteiger partial charge in [-0.05, 0) is 78.3 Å². The summed E-state index contributed by atoms with van der Waals surface area (Å²) in [5, 5.41) is 29.2. The number of carbonyl (C=O) groups excluding carboxylic acids is 3. The summed E-state index contributed by atoms with van der Waals surface area (Å²) in [6, 6.07) is 13.2. The lowest BCUT2D eigenvalue weighted by molar-refractivity contribution is -0.183. The summed E-state index contributed by atoms with van der Waals surface area (Å²) in [5.74, 6) is 0.363. The quantitative estimate of drug-likeness (QED) is 0.189. The van der Waals surface area contributed by atoms with Gasteiger partial charge in [0.15, 0.2) is 0 Å². The first-order chi connectivity index (χ1) is 27.0. The van der Waals surface area contributed by atoms with Gasteiger partial charge < -0.3 is 35.4 Å². The van der Waals surface area contributed by atoms with E-state index in [9.17, 15) is 24.6 Å². The molecule has 4 N–H and O–H groups in total. The van der Waals surface area contributed by atoms with Crippen LogP contribution in [0.4, 0.5) is 5.69 Å². The Morgan fingerprint density at radius 3 is 2.44 bits per heavy atom. The number of para-hydroxylation sites is 1. The maximum atomic E-state index is 14.3. The van der Waals surface area contributed by atoms with Gasteiger partial charge in [0.1, 0.15) is 23.9 Å². The van der Waals surface area contributed by atoms with Crippen molar-refractivity contribution >= 4 is 23.4 Å². The lowest BCUT2D eigenvalue weighted by Crippen LogP contribution is -2.62. The third-order valence-corrected chi connectivity index (χ3v) is 12.9. The van der Waals surface area contributed by atoms with Gasteiger partial charge in [0.05, 0.1) is 26.4 Å². The smallest absolute Gasteiger partial charge is 0.252 e. The van der Waals surface area contributed by atoms with Crippen LogP contribution < -0.4 is 20.3 Å². The minimum absolute atomic E-state index is 0.0128. The van der Waals surface area contributed by atoms with E-state index < -0.39 is 36.1 Å². The second kappa shape index (κ2) is 17.1. The molecule has 0 unspecified atom stereocenters. The Balaban J connectivity index is 1.29. The summed E-state index contributed by atoms with van der Waals surface area (Å²) < 4.78 is 6.07. The molecule has 13 nitrogen and oxygen atoms in total. The van der Waals surface area contributed by atoms with Crippen molar-refractivity contribution in [3.8, 4) is 16.9 Å². The molecule has 1 aliphatic heterocycles. The number of likely N-dealkylation sites (N-methyl/N-ethyl adjacent to an activating group) is 1. The highest BCUT2D eigenvalue weighted by molar-refractivity contribution is 5.99. The molecule has 13 heteroatoms. The van der Waals surface area contributed by atoms with E-state index in [2.05, 4.69) is 36.4 Å². The van der Waals surface area contributed by atoms with Gasteiger partial charge in [-0.3, -0.25) is 24.2 Å². The molecular formula is C44H60N6O7. The molecule has 1 saturated heterocycles. The third-order valence-electron chi connectivity index (χ3n) is 12.9. The zero-order valence-electron chi connectivity index (χ0n) is 34.7. The molecule has 4 fully saturated rings. The van der Waals surface area contributed by atoms with Gasteiger partial charge in [0.25, 0.3) is 5.91 Å². The van der Waals surface area contributed by atoms with Crippen LogP contribution in [0.3, 0.4) is 0 Å². The first-order valence-electron chi connectivity index (χ1n) is 20.0. The number of amides is 3. The molecular weight excluding hydrogens is 725 g/mol. The number of hydrogen-bond donors (Lipinski definition) is 4. The molecule has 3 aromatic rings. The Kier molecular flexibility index (Phi) is 12.6. The number of hydroxylamine groups is 2. The molecule has 2 aromatic carbocycles. The molecule has 57 heavy (non-hydrogen) atoms. The number of aliphatic hydroxyl groups excluding tert-OH is 2. The van der Waals surface area contributed by atoms with Gasteiger partial charge in [-0.1, -0.05) is 45.0 Å². The number of anilines is 1. The third kappa shape index (κ3) is 8.53. The number of nitrogens with one attached hydrogen (secondary N) is 2. The summed E-state index contributed by atoms with van der Waals surface area (Å²) in [6.45, 7) is 8.26. The Hall–Kier alpha value is -4.56. The number of hydrogen-bond acceptors (Lipinski definition) is 10. The Labute approximate surface area is 336 Å². The number of carbonyl (C=O) groups is 3. The summed E-state index contributed by atoms with van der Waals surface area (Å²) in [4.78, 5) is 55.4. The van der Waals surface area contributed by atoms with E-state index >= 15 is 0 Å². The van der Waals surface area contributed by atoms with Crippen molar-refractivity contribution in [2.75, 3.05) is 46.8 Å². The zero-order chi connectivity index (χ0) is 41.3. The molecule has 2 bridgehead atoms. The molecule has 0 spiro atoms. The largest absolute Gasteiger partial charge is 0.496 e. The predicted octanol–water partition coefficient (Wildman–Crippen LogP) is 3.91. The SMILES string of the molecule is COc1c(CN2O[C@@H](CO)[C@H]([C@H](C)O)[C@H]2C(=O)N[C@H]2C[C@H]3C[C@@H]([C@@H]2C)C3(C)C)cccc1-c1cc(C(=O)N[C@@H](Cc2cccnc2)C(=O)N(C)C)cc(N(C)C)c1. The molecule has 1 aromatic heterocycles. The fraction of sp³-hybridized carbons (Fsp3) is 0.545. The van der Waals surface area contributed by atoms with Crippen LogP contribution in [0, 0.1) is 29.1 Å². The maximum Gasteiger partial charge on any atom is 0.252 e. The highest BCUT2D eigenvalue weighted by atomic mass is 16.7. The molecule has 3 amide bonds. The number of methoxy groups -OCH3 is 1. The van der Waals surface area contributed by atoms with Gasteiger partial charge in [-0.25, -0.2) is 0 Å². The molecule has 3 saturated carbocycles. The maximum absolute atomic E-state index is 14.3. The Morgan fingerprint density at radius 1 is 1.09 bits per heavy atom. The van der Waals surface area contributed by atoms with Gasteiger partial charge in [0, 0.05) is 81.3 Å². The van der Waals surface area contributed by atoms with Crippen LogP contribution in [0.1, 0.15) is 62.0 Å². The highest BCUT2D eigenvalue weighted by Crippen LogP contribution is 2.61. The topological polar surface area (TPSA) is 157 Å². The Morgan fingerprint density at radius 2 is 1.84 bits per heavy atom. The van der Waals surface area contributed by atoms with Crippen molar-refractivity contribution < 1.29 is 34.2 Å². The first-order valence-corrected chi connectivity index (χ1v) is 20.0. The lowest BCUT2D eigenvalue weighted by atomic mass is 9.45. The van der Waals surface area contributed by atoms with Crippen LogP contribution in [0.15, 0.2) is 60.9 Å². The first kappa shape index (κ1) is 42.1. The van der Waals surface area contributed by atoms with Crippen molar-refractivity contribution in [2.24, 2.45) is 29.1 Å². The Bertz CT molecular complexity index is 1920. The average Bonchev–Trinajstić information content (AvgIpc) is 3.56. The average molecular weight is 785 g/mol. The summed E-state index contributed by atoms with van der Waals surface area (Å²) in [6.07, 6.45) is 4.00. The van der Waals surface area contributed by atoms with Crippen molar-refractivity contribution in [3.05, 3.63) is 77.6 Å². The van der Waals surface area contributed by atoms with Crippen LogP contribution in [0.5, 0.6) is 5.75 Å². The molecule has 3 aliphatic carbocycles. The number of fused-ring (bicyclic) bond motifs is 2. The van der Waals surface area contributed by atoms with E-state index in [1.165, 1.54) is 11.3 Å². The number of ether oxygens (including phenoxy) is 1. The second-order valence-electron chi connectivity index (χ2n) is 17.2. The standard InChI is InChI=1S/C44H60N6O7/c1-25-34-20-31(44(34,3)4)21-35(25)46-42(54)39-38(26(2)52)37(24-51)57-50(39)23-28-13-10-14-33(40(28)56-9)29-17-30(19-32(18-29)48(5)6)41(53)47-36(43(55)49(7)8)16-27-12-11-15-45-22-27/h10-15,17-19,22,25-26,31,34-39,51-52H,16,20-21,23-24H2,1-9H3,(H,46,54)(H,47,53)/t25-,26-,31+,34-,35-,36-,37-,38-,39-/m0/s1. The fourth-order valence-corrected chi connectivity index (χ4v) is 9.49. The van der Waals surface area contributed by atoms with E-state index in [0.717, 1.165) is 17.7 Å². The van der Waals surface area contributed by atoms with E-state index in [1.54, 1.807) is 63.8 Å². The van der Waals surface area contributed by atoms with Gasteiger partial charge in [0.2, 0.25) is 11.8 Å². The summed E-state index contributed by atoms with van der Waals surface area (Å²) in [5.41, 5.74) is 4.31. The van der Waals surface area contributed by atoms with Crippen LogP contribution in [0.25, 0.3) is 11.1 Å². The molecule has 9 atom stereocenters. The van der Waals surface area contributed by atoms with Crippen molar-refractivity contribution in [3.63, 3.8) is 0 Å². The van der Waals surface area contributed by atoms with Crippen LogP contribution >= 0.6 is 0 Å². The molecule has 2 heterocycles. The van der Waals surface area contributed by atoms with Crippen LogP contribution in [-0.4, -0.2) is 115 Å². The molecule has 0 radical (unpaired) electrons. The fourth-order valence-electron chi connectivity index (χ4n) is 9.49. The minimum Gasteiger partial charge on any atom is -0.496 e. The molecule has 308 valence electrons. The zero-order valence-corrected chi connectivity index (χ0v) is 34.7. The number of rotatable bonds is 14. The van der Waals surface area contributed by atoms with E-state index in [0.29, 0.717) is 45.8 Å². The van der Waals surface area contributed by atoms with Gasteiger partial charge in [-0.2, -0.15) is 5.06 Å². The predicted molar refractivity (Wildman–Crippen MR) is 218 cm³/mol. The van der Waals surface area contributed by atoms with Gasteiger partial charge in [-0.15, -0.1) is 0 Å². The van der Waals surface area contributed by atoms with Crippen molar-refractivity contribution in [1.29, 1.82) is 0 Å². The summed E-state index contributed by atoms with van der Waals surface area (Å²) in [7, 11) is 8.66. The van der Waals surface area contributed by atoms with Crippen molar-refractivity contribution in [2.45, 2.75) is 83.8 Å². The van der Waals surface area contributed by atoms with Gasteiger partial charge >= 0.3 is 0 Å². The number of pyridine rings is 1. The molecule has 7 rings (SSSR count). The number of benzene rings is 2. The normalized spacial score (nSPS) is 26.1. The number of aromatic nitrogens is 1. The van der Waals surface area contributed by atoms with E-state index in [1.807, 2.05) is 49.3 Å². The van der Waals surface area contributed by atoms with Crippen LogP contribution in [0.2, 0.25) is 0 Å². The van der Waals surface area contributed by atoms with Crippen molar-refractivity contribution in [1.82, 2.24) is 25.6 Å². The van der Waals surface area contributed by atoms with Crippen LogP contribution in [-0.2, 0) is 27.4 Å². The number of nitrogens with zero attached hydrogens (tertiary/aromatic N) is 4. The van der Waals surface area contributed by atoms with E-state index in [-0.39, 0.29) is 42.8 Å². The minimum atomic E-state index is -0.928.